The third kappa shape index (κ3) is 4.71. The van der Waals surface area contributed by atoms with Gasteiger partial charge < -0.3 is 10.2 Å². The van der Waals surface area contributed by atoms with E-state index in [-0.39, 0.29) is 11.8 Å². The molecule has 2 aliphatic heterocycles. The molecular formula is C19H28ClN3O. The molecule has 5 heteroatoms. The number of amides is 1. The first-order valence-electron chi connectivity index (χ1n) is 9.06. The van der Waals surface area contributed by atoms with Crippen LogP contribution in [-0.2, 0) is 11.3 Å². The molecule has 1 aromatic carbocycles. The number of likely N-dealkylation sites (tertiary alicyclic amines) is 2. The van der Waals surface area contributed by atoms with E-state index in [9.17, 15) is 4.79 Å². The number of nitrogens with one attached hydrogen (secondary N) is 1. The van der Waals surface area contributed by atoms with Crippen molar-refractivity contribution in [3.8, 4) is 0 Å². The van der Waals surface area contributed by atoms with Crippen LogP contribution in [0.1, 0.15) is 31.2 Å². The Morgan fingerprint density at radius 3 is 2.46 bits per heavy atom. The Hall–Kier alpha value is -1.10. The van der Waals surface area contributed by atoms with Gasteiger partial charge in [0.1, 0.15) is 0 Å². The fourth-order valence-corrected chi connectivity index (χ4v) is 3.89. The van der Waals surface area contributed by atoms with E-state index in [0.717, 1.165) is 63.4 Å². The van der Waals surface area contributed by atoms with E-state index in [2.05, 4.69) is 28.2 Å². The number of rotatable bonds is 4. The number of hydrogen-bond donors (Lipinski definition) is 1. The van der Waals surface area contributed by atoms with Gasteiger partial charge in [-0.1, -0.05) is 29.8 Å². The summed E-state index contributed by atoms with van der Waals surface area (Å²) in [6.45, 7) is 4.98. The lowest BCUT2D eigenvalue weighted by molar-refractivity contribution is -0.127. The second kappa shape index (κ2) is 8.32. The summed E-state index contributed by atoms with van der Waals surface area (Å²) in [4.78, 5) is 17.2. The maximum Gasteiger partial charge on any atom is 0.223 e. The standard InChI is InChI=1S/C19H28ClN3O/c1-22-10-8-17(9-11-22)21-19(24)15-6-12-23(13-7-15)14-16-4-2-3-5-18(16)20/h2-5,15,17H,6-14H2,1H3,(H,21,24). The predicted octanol–water partition coefficient (Wildman–Crippen LogP) is 2.76. The first kappa shape index (κ1) is 17.7. The lowest BCUT2D eigenvalue weighted by Gasteiger charge is -2.34. The molecule has 24 heavy (non-hydrogen) atoms. The Morgan fingerprint density at radius 1 is 1.12 bits per heavy atom. The van der Waals surface area contributed by atoms with E-state index in [0.29, 0.717) is 6.04 Å². The molecule has 132 valence electrons. The van der Waals surface area contributed by atoms with Crippen molar-refractivity contribution in [3.05, 3.63) is 34.9 Å². The van der Waals surface area contributed by atoms with Gasteiger partial charge in [-0.25, -0.2) is 0 Å². The average molecular weight is 350 g/mol. The van der Waals surface area contributed by atoms with Crippen molar-refractivity contribution in [2.45, 2.75) is 38.3 Å². The van der Waals surface area contributed by atoms with E-state index in [1.807, 2.05) is 18.2 Å². The second-order valence-corrected chi connectivity index (χ2v) is 7.64. The SMILES string of the molecule is CN1CCC(NC(=O)C2CCN(Cc3ccccc3Cl)CC2)CC1. The third-order valence-corrected chi connectivity index (χ3v) is 5.74. The van der Waals surface area contributed by atoms with Crippen molar-refractivity contribution in [1.29, 1.82) is 0 Å². The molecule has 0 saturated carbocycles. The van der Waals surface area contributed by atoms with Crippen LogP contribution in [0.4, 0.5) is 0 Å². The van der Waals surface area contributed by atoms with Crippen LogP contribution in [0.25, 0.3) is 0 Å². The fourth-order valence-electron chi connectivity index (χ4n) is 3.69. The minimum atomic E-state index is 0.173. The summed E-state index contributed by atoms with van der Waals surface area (Å²) in [7, 11) is 2.15. The second-order valence-electron chi connectivity index (χ2n) is 7.23. The molecule has 0 radical (unpaired) electrons. The summed E-state index contributed by atoms with van der Waals surface area (Å²) in [5, 5.41) is 4.11. The van der Waals surface area contributed by atoms with Gasteiger partial charge in [0, 0.05) is 23.5 Å². The number of halogens is 1. The number of nitrogens with zero attached hydrogens (tertiary/aromatic N) is 2. The molecule has 2 saturated heterocycles. The largest absolute Gasteiger partial charge is 0.353 e. The molecule has 2 heterocycles. The monoisotopic (exact) mass is 349 g/mol. The highest BCUT2D eigenvalue weighted by Gasteiger charge is 2.27. The van der Waals surface area contributed by atoms with Crippen LogP contribution < -0.4 is 5.32 Å². The van der Waals surface area contributed by atoms with Crippen molar-refractivity contribution < 1.29 is 4.79 Å². The van der Waals surface area contributed by atoms with E-state index < -0.39 is 0 Å². The quantitative estimate of drug-likeness (QED) is 0.907. The molecule has 0 bridgehead atoms. The minimum absolute atomic E-state index is 0.173. The molecule has 2 aliphatic rings. The molecule has 1 N–H and O–H groups in total. The number of carbonyl (C=O) groups is 1. The number of piperidine rings is 2. The highest BCUT2D eigenvalue weighted by atomic mass is 35.5. The minimum Gasteiger partial charge on any atom is -0.353 e. The zero-order chi connectivity index (χ0) is 16.9. The van der Waals surface area contributed by atoms with Gasteiger partial charge in [-0.05, 0) is 70.5 Å². The molecule has 1 amide bonds. The molecule has 0 aromatic heterocycles. The normalized spacial score (nSPS) is 21.8. The van der Waals surface area contributed by atoms with Gasteiger partial charge >= 0.3 is 0 Å². The summed E-state index contributed by atoms with van der Waals surface area (Å²) in [5.41, 5.74) is 1.17. The molecule has 3 rings (SSSR count). The van der Waals surface area contributed by atoms with Crippen LogP contribution in [0.15, 0.2) is 24.3 Å². The molecular weight excluding hydrogens is 322 g/mol. The van der Waals surface area contributed by atoms with Gasteiger partial charge in [-0.15, -0.1) is 0 Å². The van der Waals surface area contributed by atoms with Crippen LogP contribution in [0.2, 0.25) is 5.02 Å². The summed E-state index contributed by atoms with van der Waals surface area (Å²) in [6.07, 6.45) is 4.05. The molecule has 2 fully saturated rings. The molecule has 4 nitrogen and oxygen atoms in total. The zero-order valence-electron chi connectivity index (χ0n) is 14.5. The Labute approximate surface area is 150 Å². The third-order valence-electron chi connectivity index (χ3n) is 5.38. The first-order valence-corrected chi connectivity index (χ1v) is 9.44. The van der Waals surface area contributed by atoms with Crippen molar-refractivity contribution in [2.75, 3.05) is 33.2 Å². The van der Waals surface area contributed by atoms with Gasteiger partial charge in [0.15, 0.2) is 0 Å². The Balaban J connectivity index is 1.43. The average Bonchev–Trinajstić information content (AvgIpc) is 2.59. The summed E-state index contributed by atoms with van der Waals surface area (Å²) in [5.74, 6) is 0.439. The number of carbonyl (C=O) groups excluding carboxylic acids is 1. The predicted molar refractivity (Wildman–Crippen MR) is 98.1 cm³/mol. The van der Waals surface area contributed by atoms with E-state index >= 15 is 0 Å². The van der Waals surface area contributed by atoms with Gasteiger partial charge in [0.25, 0.3) is 0 Å². The van der Waals surface area contributed by atoms with E-state index in [4.69, 9.17) is 11.6 Å². The van der Waals surface area contributed by atoms with Crippen molar-refractivity contribution in [2.24, 2.45) is 5.92 Å². The Bertz CT molecular complexity index is 549. The molecule has 0 atom stereocenters. The lowest BCUT2D eigenvalue weighted by atomic mass is 9.94. The van der Waals surface area contributed by atoms with E-state index in [1.54, 1.807) is 0 Å². The van der Waals surface area contributed by atoms with Crippen LogP contribution in [0, 0.1) is 5.92 Å². The van der Waals surface area contributed by atoms with Gasteiger partial charge in [-0.2, -0.15) is 0 Å². The summed E-state index contributed by atoms with van der Waals surface area (Å²) < 4.78 is 0. The lowest BCUT2D eigenvalue weighted by Crippen LogP contribution is -2.47. The smallest absolute Gasteiger partial charge is 0.223 e. The van der Waals surface area contributed by atoms with Gasteiger partial charge in [0.2, 0.25) is 5.91 Å². The fraction of sp³-hybridized carbons (Fsp3) is 0.632. The van der Waals surface area contributed by atoms with Crippen LogP contribution in [0.3, 0.4) is 0 Å². The zero-order valence-corrected chi connectivity index (χ0v) is 15.3. The Morgan fingerprint density at radius 2 is 1.79 bits per heavy atom. The van der Waals surface area contributed by atoms with Gasteiger partial charge in [-0.3, -0.25) is 9.69 Å². The van der Waals surface area contributed by atoms with Gasteiger partial charge in [0.05, 0.1) is 0 Å². The maximum atomic E-state index is 12.5. The maximum absolute atomic E-state index is 12.5. The summed E-state index contributed by atoms with van der Waals surface area (Å²) in [6, 6.07) is 8.39. The number of benzene rings is 1. The first-order chi connectivity index (χ1) is 11.6. The highest BCUT2D eigenvalue weighted by Crippen LogP contribution is 2.23. The van der Waals surface area contributed by atoms with Crippen molar-refractivity contribution in [1.82, 2.24) is 15.1 Å². The van der Waals surface area contributed by atoms with Crippen LogP contribution in [-0.4, -0.2) is 55.0 Å². The van der Waals surface area contributed by atoms with Crippen LogP contribution in [0.5, 0.6) is 0 Å². The van der Waals surface area contributed by atoms with Crippen molar-refractivity contribution in [3.63, 3.8) is 0 Å². The van der Waals surface area contributed by atoms with Crippen molar-refractivity contribution >= 4 is 17.5 Å². The molecule has 0 unspecified atom stereocenters. The topological polar surface area (TPSA) is 35.6 Å². The van der Waals surface area contributed by atoms with E-state index in [1.165, 1.54) is 5.56 Å². The molecule has 0 aliphatic carbocycles. The Kier molecular flexibility index (Phi) is 6.14. The number of hydrogen-bond acceptors (Lipinski definition) is 3. The molecule has 0 spiro atoms. The highest BCUT2D eigenvalue weighted by molar-refractivity contribution is 6.31. The summed E-state index contributed by atoms with van der Waals surface area (Å²) >= 11 is 6.25. The van der Waals surface area contributed by atoms with Crippen LogP contribution >= 0.6 is 11.6 Å². The molecule has 1 aromatic rings.